The molecule has 0 spiro atoms. The van der Waals surface area contributed by atoms with Crippen LogP contribution in [0.25, 0.3) is 0 Å². The Kier molecular flexibility index (Phi) is 4.91. The third-order valence-electron chi connectivity index (χ3n) is 3.33. The van der Waals surface area contributed by atoms with Gasteiger partial charge in [-0.2, -0.15) is 0 Å². The molecule has 1 amide bonds. The molecule has 0 bridgehead atoms. The Hall–Kier alpha value is -0.650. The third kappa shape index (κ3) is 3.94. The highest BCUT2D eigenvalue weighted by Crippen LogP contribution is 2.21. The molecule has 100 valence electrons. The molecule has 1 rings (SSSR count). The lowest BCUT2D eigenvalue weighted by Crippen LogP contribution is -2.52. The Labute approximate surface area is 103 Å². The summed E-state index contributed by atoms with van der Waals surface area (Å²) in [7, 11) is 1.69. The lowest BCUT2D eigenvalue weighted by molar-refractivity contribution is -0.139. The van der Waals surface area contributed by atoms with Crippen molar-refractivity contribution >= 4 is 5.91 Å². The Morgan fingerprint density at radius 3 is 2.47 bits per heavy atom. The largest absolute Gasteiger partial charge is 0.388 e. The van der Waals surface area contributed by atoms with Gasteiger partial charge in [-0.25, -0.2) is 0 Å². The Morgan fingerprint density at radius 2 is 2.00 bits per heavy atom. The van der Waals surface area contributed by atoms with Crippen LogP contribution in [0, 0.1) is 5.92 Å². The molecule has 1 aliphatic rings. The zero-order valence-corrected chi connectivity index (χ0v) is 11.0. The van der Waals surface area contributed by atoms with E-state index in [1.165, 1.54) is 4.90 Å². The average Bonchev–Trinajstić information content (AvgIpc) is 2.27. The van der Waals surface area contributed by atoms with Crippen molar-refractivity contribution < 1.29 is 14.6 Å². The van der Waals surface area contributed by atoms with Crippen LogP contribution in [-0.2, 0) is 9.53 Å². The van der Waals surface area contributed by atoms with E-state index in [2.05, 4.69) is 0 Å². The van der Waals surface area contributed by atoms with Crippen LogP contribution in [0.2, 0.25) is 0 Å². The second-order valence-corrected chi connectivity index (χ2v) is 5.30. The minimum Gasteiger partial charge on any atom is -0.388 e. The highest BCUT2D eigenvalue weighted by molar-refractivity contribution is 5.81. The average molecular weight is 244 g/mol. The molecule has 3 N–H and O–H groups in total. The van der Waals surface area contributed by atoms with E-state index in [-0.39, 0.29) is 11.8 Å². The van der Waals surface area contributed by atoms with Gasteiger partial charge in [0.2, 0.25) is 5.91 Å². The lowest BCUT2D eigenvalue weighted by Gasteiger charge is -2.36. The van der Waals surface area contributed by atoms with E-state index in [0.717, 1.165) is 0 Å². The topological polar surface area (TPSA) is 75.8 Å². The SMILES string of the molecule is CC(C)[C@@H](N)C(=O)N(C)CC1(O)CCOCC1. The molecule has 0 aromatic rings. The smallest absolute Gasteiger partial charge is 0.239 e. The van der Waals surface area contributed by atoms with Crippen molar-refractivity contribution in [2.24, 2.45) is 11.7 Å². The van der Waals surface area contributed by atoms with Crippen molar-refractivity contribution in [1.29, 1.82) is 0 Å². The van der Waals surface area contributed by atoms with Gasteiger partial charge in [-0.3, -0.25) is 4.79 Å². The summed E-state index contributed by atoms with van der Waals surface area (Å²) in [6.45, 7) is 5.26. The van der Waals surface area contributed by atoms with Gasteiger partial charge in [-0.1, -0.05) is 13.8 Å². The van der Waals surface area contributed by atoms with Crippen LogP contribution < -0.4 is 5.73 Å². The number of hydrogen-bond acceptors (Lipinski definition) is 4. The first-order chi connectivity index (χ1) is 7.86. The number of rotatable bonds is 4. The zero-order valence-electron chi connectivity index (χ0n) is 11.0. The van der Waals surface area contributed by atoms with Crippen molar-refractivity contribution in [1.82, 2.24) is 4.90 Å². The number of amides is 1. The third-order valence-corrected chi connectivity index (χ3v) is 3.33. The molecule has 0 aromatic heterocycles. The normalized spacial score (nSPS) is 21.3. The summed E-state index contributed by atoms with van der Waals surface area (Å²) in [6, 6.07) is -0.497. The van der Waals surface area contributed by atoms with Gasteiger partial charge < -0.3 is 20.5 Å². The summed E-state index contributed by atoms with van der Waals surface area (Å²) in [5.74, 6) is -0.00537. The van der Waals surface area contributed by atoms with Gasteiger partial charge in [-0.05, 0) is 5.92 Å². The molecular formula is C12H24N2O3. The summed E-state index contributed by atoms with van der Waals surface area (Å²) in [4.78, 5) is 13.5. The van der Waals surface area contributed by atoms with Gasteiger partial charge in [0.15, 0.2) is 0 Å². The number of hydrogen-bond donors (Lipinski definition) is 2. The molecule has 5 heteroatoms. The molecular weight excluding hydrogens is 220 g/mol. The molecule has 17 heavy (non-hydrogen) atoms. The second-order valence-electron chi connectivity index (χ2n) is 5.30. The first-order valence-corrected chi connectivity index (χ1v) is 6.16. The Balaban J connectivity index is 2.52. The van der Waals surface area contributed by atoms with Crippen LogP contribution in [0.4, 0.5) is 0 Å². The van der Waals surface area contributed by atoms with Crippen molar-refractivity contribution in [2.45, 2.75) is 38.3 Å². The van der Waals surface area contributed by atoms with E-state index < -0.39 is 11.6 Å². The summed E-state index contributed by atoms with van der Waals surface area (Å²) < 4.78 is 5.20. The van der Waals surface area contributed by atoms with E-state index in [1.54, 1.807) is 7.05 Å². The maximum Gasteiger partial charge on any atom is 0.239 e. The molecule has 0 aliphatic carbocycles. The standard InChI is InChI=1S/C12H24N2O3/c1-9(2)10(13)11(15)14(3)8-12(16)4-6-17-7-5-12/h9-10,16H,4-8,13H2,1-3H3/t10-/m1/s1. The van der Waals surface area contributed by atoms with Crippen molar-refractivity contribution in [3.63, 3.8) is 0 Å². The van der Waals surface area contributed by atoms with Gasteiger partial charge in [0.25, 0.3) is 0 Å². The van der Waals surface area contributed by atoms with E-state index in [0.29, 0.717) is 32.6 Å². The molecule has 0 radical (unpaired) electrons. The van der Waals surface area contributed by atoms with Crippen molar-refractivity contribution in [3.05, 3.63) is 0 Å². The molecule has 0 aromatic carbocycles. The molecule has 1 aliphatic heterocycles. The van der Waals surface area contributed by atoms with Crippen molar-refractivity contribution in [3.8, 4) is 0 Å². The fourth-order valence-corrected chi connectivity index (χ4v) is 1.97. The predicted molar refractivity (Wildman–Crippen MR) is 65.5 cm³/mol. The number of likely N-dealkylation sites (N-methyl/N-ethyl adjacent to an activating group) is 1. The molecule has 0 saturated carbocycles. The molecule has 1 heterocycles. The maximum atomic E-state index is 12.0. The van der Waals surface area contributed by atoms with Gasteiger partial charge in [0.05, 0.1) is 11.6 Å². The van der Waals surface area contributed by atoms with Crippen LogP contribution in [0.15, 0.2) is 0 Å². The number of nitrogens with zero attached hydrogens (tertiary/aromatic N) is 1. The quantitative estimate of drug-likeness (QED) is 0.728. The highest BCUT2D eigenvalue weighted by Gasteiger charge is 2.33. The number of nitrogens with two attached hydrogens (primary N) is 1. The fraction of sp³-hybridized carbons (Fsp3) is 0.917. The van der Waals surface area contributed by atoms with Gasteiger partial charge in [0.1, 0.15) is 0 Å². The first kappa shape index (κ1) is 14.4. The van der Waals surface area contributed by atoms with E-state index in [4.69, 9.17) is 10.5 Å². The van der Waals surface area contributed by atoms with E-state index in [1.807, 2.05) is 13.8 Å². The van der Waals surface area contributed by atoms with Crippen LogP contribution in [0.3, 0.4) is 0 Å². The Bertz CT molecular complexity index is 262. The molecule has 1 saturated heterocycles. The molecule has 0 unspecified atom stereocenters. The zero-order chi connectivity index (χ0) is 13.1. The second kappa shape index (κ2) is 5.80. The molecule has 1 atom stereocenters. The highest BCUT2D eigenvalue weighted by atomic mass is 16.5. The number of carbonyl (C=O) groups excluding carboxylic acids is 1. The number of carbonyl (C=O) groups is 1. The lowest BCUT2D eigenvalue weighted by atomic mass is 9.93. The summed E-state index contributed by atoms with van der Waals surface area (Å²) in [5, 5.41) is 10.3. The minimum absolute atomic E-state index is 0.106. The van der Waals surface area contributed by atoms with Crippen LogP contribution in [-0.4, -0.2) is 54.4 Å². The summed E-state index contributed by atoms with van der Waals surface area (Å²) in [6.07, 6.45) is 1.14. The van der Waals surface area contributed by atoms with Crippen molar-refractivity contribution in [2.75, 3.05) is 26.8 Å². The summed E-state index contributed by atoms with van der Waals surface area (Å²) in [5.41, 5.74) is 4.99. The Morgan fingerprint density at radius 1 is 1.47 bits per heavy atom. The summed E-state index contributed by atoms with van der Waals surface area (Å²) >= 11 is 0. The van der Waals surface area contributed by atoms with Gasteiger partial charge in [-0.15, -0.1) is 0 Å². The molecule has 5 nitrogen and oxygen atoms in total. The number of aliphatic hydroxyl groups is 1. The van der Waals surface area contributed by atoms with E-state index >= 15 is 0 Å². The van der Waals surface area contributed by atoms with Crippen LogP contribution in [0.5, 0.6) is 0 Å². The minimum atomic E-state index is -0.820. The fourth-order valence-electron chi connectivity index (χ4n) is 1.97. The van der Waals surface area contributed by atoms with Crippen LogP contribution >= 0.6 is 0 Å². The van der Waals surface area contributed by atoms with Gasteiger partial charge >= 0.3 is 0 Å². The van der Waals surface area contributed by atoms with Crippen LogP contribution in [0.1, 0.15) is 26.7 Å². The van der Waals surface area contributed by atoms with E-state index in [9.17, 15) is 9.90 Å². The van der Waals surface area contributed by atoms with Gasteiger partial charge in [0, 0.05) is 39.6 Å². The first-order valence-electron chi connectivity index (χ1n) is 6.16. The monoisotopic (exact) mass is 244 g/mol. The maximum absolute atomic E-state index is 12.0. The number of ether oxygens (including phenoxy) is 1. The predicted octanol–water partition coefficient (Wildman–Crippen LogP) is -0.0304. The molecule has 1 fully saturated rings.